The Balaban J connectivity index is 1.76. The van der Waals surface area contributed by atoms with Gasteiger partial charge in [0.1, 0.15) is 0 Å². The number of piperazine rings is 1. The number of nitrogens with one attached hydrogen (secondary N) is 1. The first-order chi connectivity index (χ1) is 13.3. The molecule has 1 N–H and O–H groups in total. The van der Waals surface area contributed by atoms with Gasteiger partial charge in [0, 0.05) is 36.8 Å². The van der Waals surface area contributed by atoms with Crippen LogP contribution in [0.25, 0.3) is 0 Å². The second-order valence-electron chi connectivity index (χ2n) is 7.17. The average Bonchev–Trinajstić information content (AvgIpc) is 2.70. The Morgan fingerprint density at radius 3 is 2.56 bits per heavy atom. The minimum absolute atomic E-state index is 0.0787. The van der Waals surface area contributed by atoms with Gasteiger partial charge in [0.2, 0.25) is 0 Å². The van der Waals surface area contributed by atoms with Crippen LogP contribution in [0.15, 0.2) is 48.5 Å². The summed E-state index contributed by atoms with van der Waals surface area (Å²) in [6.45, 7) is 6.26. The lowest BCUT2D eigenvalue weighted by atomic mass is 10.0. The van der Waals surface area contributed by atoms with Crippen molar-refractivity contribution in [2.75, 3.05) is 26.2 Å². The molecule has 3 heteroatoms. The zero-order valence-corrected chi connectivity index (χ0v) is 16.9. The lowest BCUT2D eigenvalue weighted by Crippen LogP contribution is -2.44. The van der Waals surface area contributed by atoms with Crippen LogP contribution < -0.4 is 5.32 Å². The fourth-order valence-corrected chi connectivity index (χ4v) is 3.69. The quantitative estimate of drug-likeness (QED) is 0.556. The van der Waals surface area contributed by atoms with Crippen LogP contribution in [0.1, 0.15) is 48.9 Å². The molecule has 2 aromatic rings. The van der Waals surface area contributed by atoms with E-state index in [1.807, 2.05) is 18.2 Å². The van der Waals surface area contributed by atoms with Crippen molar-refractivity contribution in [1.82, 2.24) is 10.2 Å². The van der Waals surface area contributed by atoms with E-state index in [2.05, 4.69) is 59.3 Å². The second-order valence-corrected chi connectivity index (χ2v) is 7.60. The third kappa shape index (κ3) is 6.11. The zero-order chi connectivity index (χ0) is 18.9. The maximum Gasteiger partial charge on any atom is 0.0975 e. The maximum absolute atomic E-state index is 6.24. The molecule has 0 aromatic heterocycles. The molecule has 0 radical (unpaired) electrons. The molecule has 1 fully saturated rings. The number of aryl methyl sites for hydroxylation is 1. The highest BCUT2D eigenvalue weighted by molar-refractivity contribution is 6.30. The lowest BCUT2D eigenvalue weighted by Gasteiger charge is -2.32. The molecular weight excluding hydrogens is 352 g/mol. The monoisotopic (exact) mass is 380 g/mol. The van der Waals surface area contributed by atoms with Gasteiger partial charge >= 0.3 is 0 Å². The summed E-state index contributed by atoms with van der Waals surface area (Å²) >= 11 is 6.24. The van der Waals surface area contributed by atoms with Gasteiger partial charge in [0.05, 0.1) is 6.04 Å². The molecule has 2 aromatic carbocycles. The van der Waals surface area contributed by atoms with Crippen LogP contribution in [0.2, 0.25) is 5.02 Å². The zero-order valence-electron chi connectivity index (χ0n) is 16.2. The summed E-state index contributed by atoms with van der Waals surface area (Å²) in [6.07, 6.45) is 4.99. The van der Waals surface area contributed by atoms with Crippen LogP contribution in [0, 0.1) is 11.8 Å². The first kappa shape index (κ1) is 20.0. The highest BCUT2D eigenvalue weighted by Gasteiger charge is 2.20. The normalized spacial score (nSPS) is 15.8. The van der Waals surface area contributed by atoms with Crippen molar-refractivity contribution in [2.24, 2.45) is 0 Å². The van der Waals surface area contributed by atoms with Gasteiger partial charge in [-0.1, -0.05) is 67.5 Å². The maximum atomic E-state index is 6.24. The minimum atomic E-state index is 0.0787. The summed E-state index contributed by atoms with van der Waals surface area (Å²) in [4.78, 5) is 2.44. The first-order valence-corrected chi connectivity index (χ1v) is 10.4. The average molecular weight is 381 g/mol. The number of rotatable bonds is 6. The number of hydrogen-bond donors (Lipinski definition) is 1. The van der Waals surface area contributed by atoms with Crippen molar-refractivity contribution in [1.29, 1.82) is 0 Å². The molecule has 1 aliphatic rings. The molecule has 1 atom stereocenters. The van der Waals surface area contributed by atoms with Crippen LogP contribution in [-0.4, -0.2) is 31.1 Å². The Labute approximate surface area is 168 Å². The van der Waals surface area contributed by atoms with E-state index >= 15 is 0 Å². The Hall–Kier alpha value is -1.79. The van der Waals surface area contributed by atoms with Gasteiger partial charge < -0.3 is 5.32 Å². The van der Waals surface area contributed by atoms with Crippen molar-refractivity contribution in [3.8, 4) is 11.8 Å². The highest BCUT2D eigenvalue weighted by Crippen LogP contribution is 2.23. The SMILES string of the molecule is CCCCCc1ccc(C#CC(c2cccc(Cl)c2)N2CCNCC2)cc1. The molecule has 0 aliphatic carbocycles. The van der Waals surface area contributed by atoms with E-state index in [0.717, 1.165) is 43.2 Å². The standard InChI is InChI=1S/C24H29ClN2/c1-2-3-4-6-20-9-11-21(12-10-20)13-14-24(27-17-15-26-16-18-27)22-7-5-8-23(25)19-22/h5,7-12,19,24,26H,2-4,6,15-18H2,1H3. The van der Waals surface area contributed by atoms with E-state index in [0.29, 0.717) is 0 Å². The molecule has 1 aliphatic heterocycles. The molecular formula is C24H29ClN2. The number of halogens is 1. The van der Waals surface area contributed by atoms with Crippen LogP contribution >= 0.6 is 11.6 Å². The molecule has 0 amide bonds. The molecule has 0 saturated carbocycles. The Kier molecular flexibility index (Phi) is 7.78. The number of nitrogens with zero attached hydrogens (tertiary/aromatic N) is 1. The van der Waals surface area contributed by atoms with E-state index in [1.54, 1.807) is 0 Å². The number of benzene rings is 2. The summed E-state index contributed by atoms with van der Waals surface area (Å²) in [7, 11) is 0. The molecule has 0 bridgehead atoms. The molecule has 1 saturated heterocycles. The Morgan fingerprint density at radius 1 is 1.07 bits per heavy atom. The molecule has 27 heavy (non-hydrogen) atoms. The summed E-state index contributed by atoms with van der Waals surface area (Å²) < 4.78 is 0. The predicted molar refractivity (Wildman–Crippen MR) is 115 cm³/mol. The topological polar surface area (TPSA) is 15.3 Å². The van der Waals surface area contributed by atoms with Gasteiger partial charge in [-0.05, 0) is 48.2 Å². The van der Waals surface area contributed by atoms with Crippen molar-refractivity contribution in [3.63, 3.8) is 0 Å². The second kappa shape index (κ2) is 10.5. The van der Waals surface area contributed by atoms with Gasteiger partial charge in [-0.15, -0.1) is 0 Å². The minimum Gasteiger partial charge on any atom is -0.314 e. The predicted octanol–water partition coefficient (Wildman–Crippen LogP) is 5.07. The van der Waals surface area contributed by atoms with Gasteiger partial charge in [-0.25, -0.2) is 0 Å². The summed E-state index contributed by atoms with van der Waals surface area (Å²) in [5.74, 6) is 6.91. The van der Waals surface area contributed by atoms with E-state index in [-0.39, 0.29) is 6.04 Å². The number of hydrogen-bond acceptors (Lipinski definition) is 2. The smallest absolute Gasteiger partial charge is 0.0975 e. The van der Waals surface area contributed by atoms with Gasteiger partial charge in [0.15, 0.2) is 0 Å². The van der Waals surface area contributed by atoms with Crippen molar-refractivity contribution in [3.05, 3.63) is 70.2 Å². The van der Waals surface area contributed by atoms with Crippen LogP contribution in [0.3, 0.4) is 0 Å². The van der Waals surface area contributed by atoms with Crippen LogP contribution in [0.5, 0.6) is 0 Å². The van der Waals surface area contributed by atoms with Gasteiger partial charge in [0.25, 0.3) is 0 Å². The molecule has 1 heterocycles. The van der Waals surface area contributed by atoms with E-state index in [9.17, 15) is 0 Å². The highest BCUT2D eigenvalue weighted by atomic mass is 35.5. The fourth-order valence-electron chi connectivity index (χ4n) is 3.49. The van der Waals surface area contributed by atoms with Crippen molar-refractivity contribution < 1.29 is 0 Å². The molecule has 142 valence electrons. The third-order valence-electron chi connectivity index (χ3n) is 5.06. The van der Waals surface area contributed by atoms with Gasteiger partial charge in [-0.2, -0.15) is 0 Å². The molecule has 2 nitrogen and oxygen atoms in total. The van der Waals surface area contributed by atoms with Crippen LogP contribution in [-0.2, 0) is 6.42 Å². The molecule has 0 spiro atoms. The van der Waals surface area contributed by atoms with Gasteiger partial charge in [-0.3, -0.25) is 4.90 Å². The Bertz CT molecular complexity index is 767. The molecule has 3 rings (SSSR count). The van der Waals surface area contributed by atoms with Crippen molar-refractivity contribution in [2.45, 2.75) is 38.6 Å². The summed E-state index contributed by atoms with van der Waals surface area (Å²) in [6, 6.07) is 16.9. The van der Waals surface area contributed by atoms with Crippen molar-refractivity contribution >= 4 is 11.6 Å². The van der Waals surface area contributed by atoms with E-state index in [4.69, 9.17) is 11.6 Å². The Morgan fingerprint density at radius 2 is 1.85 bits per heavy atom. The first-order valence-electron chi connectivity index (χ1n) is 10.1. The third-order valence-corrected chi connectivity index (χ3v) is 5.29. The molecule has 1 unspecified atom stereocenters. The van der Waals surface area contributed by atoms with E-state index in [1.165, 1.54) is 30.4 Å². The van der Waals surface area contributed by atoms with E-state index < -0.39 is 0 Å². The summed E-state index contributed by atoms with van der Waals surface area (Å²) in [5, 5.41) is 4.19. The lowest BCUT2D eigenvalue weighted by molar-refractivity contribution is 0.209. The number of unbranched alkanes of at least 4 members (excludes halogenated alkanes) is 2. The summed E-state index contributed by atoms with van der Waals surface area (Å²) in [5.41, 5.74) is 3.66. The van der Waals surface area contributed by atoms with Crippen LogP contribution in [0.4, 0.5) is 0 Å². The fraction of sp³-hybridized carbons (Fsp3) is 0.417. The largest absolute Gasteiger partial charge is 0.314 e.